The molecule has 112 valence electrons. The van der Waals surface area contributed by atoms with E-state index in [9.17, 15) is 0 Å². The van der Waals surface area contributed by atoms with Crippen LogP contribution in [0.3, 0.4) is 0 Å². The first kappa shape index (κ1) is 15.5. The van der Waals surface area contributed by atoms with E-state index >= 15 is 0 Å². The van der Waals surface area contributed by atoms with Gasteiger partial charge in [-0.1, -0.05) is 6.07 Å². The Hall–Kier alpha value is -0.930. The second-order valence-corrected chi connectivity index (χ2v) is 5.58. The first-order chi connectivity index (χ1) is 9.65. The van der Waals surface area contributed by atoms with Crippen LogP contribution in [0.5, 0.6) is 11.5 Å². The lowest BCUT2D eigenvalue weighted by atomic mass is 9.96. The van der Waals surface area contributed by atoms with E-state index in [2.05, 4.69) is 6.92 Å². The maximum Gasteiger partial charge on any atom is 0.161 e. The molecule has 1 heterocycles. The first-order valence-corrected chi connectivity index (χ1v) is 7.74. The van der Waals surface area contributed by atoms with Crippen molar-refractivity contribution in [2.24, 2.45) is 5.92 Å². The summed E-state index contributed by atoms with van der Waals surface area (Å²) in [6.45, 7) is 7.98. The normalized spacial score (nSPS) is 23.6. The fraction of sp³-hybridized carbons (Fsp3) is 0.625. The molecular formula is C16H23ClO3. The summed E-state index contributed by atoms with van der Waals surface area (Å²) in [6.07, 6.45) is 1.31. The molecule has 4 heteroatoms. The topological polar surface area (TPSA) is 27.7 Å². The average molecular weight is 299 g/mol. The zero-order valence-electron chi connectivity index (χ0n) is 12.4. The van der Waals surface area contributed by atoms with Crippen LogP contribution < -0.4 is 9.47 Å². The lowest BCUT2D eigenvalue weighted by Crippen LogP contribution is -2.08. The molecule has 3 unspecified atom stereocenters. The second-order valence-electron chi connectivity index (χ2n) is 5.11. The highest BCUT2D eigenvalue weighted by Crippen LogP contribution is 2.39. The Labute approximate surface area is 126 Å². The van der Waals surface area contributed by atoms with Crippen molar-refractivity contribution in [3.8, 4) is 11.5 Å². The molecule has 1 aliphatic rings. The van der Waals surface area contributed by atoms with Gasteiger partial charge in [0.15, 0.2) is 11.5 Å². The Morgan fingerprint density at radius 3 is 2.55 bits per heavy atom. The Balaban J connectivity index is 2.16. The smallest absolute Gasteiger partial charge is 0.161 e. The van der Waals surface area contributed by atoms with Crippen LogP contribution in [0, 0.1) is 5.92 Å². The Bertz CT molecular complexity index is 436. The van der Waals surface area contributed by atoms with Crippen molar-refractivity contribution in [3.05, 3.63) is 23.8 Å². The van der Waals surface area contributed by atoms with Gasteiger partial charge in [0, 0.05) is 5.92 Å². The molecule has 1 aliphatic heterocycles. The fourth-order valence-corrected chi connectivity index (χ4v) is 2.88. The summed E-state index contributed by atoms with van der Waals surface area (Å²) >= 11 is 6.60. The number of ether oxygens (including phenoxy) is 3. The molecule has 3 nitrogen and oxygen atoms in total. The molecule has 1 aromatic rings. The molecule has 0 saturated carbocycles. The van der Waals surface area contributed by atoms with Crippen molar-refractivity contribution in [1.29, 1.82) is 0 Å². The van der Waals surface area contributed by atoms with Crippen molar-refractivity contribution in [3.63, 3.8) is 0 Å². The van der Waals surface area contributed by atoms with Crippen LogP contribution >= 0.6 is 11.6 Å². The molecule has 20 heavy (non-hydrogen) atoms. The fourth-order valence-electron chi connectivity index (χ4n) is 2.57. The van der Waals surface area contributed by atoms with Crippen molar-refractivity contribution < 1.29 is 14.2 Å². The Morgan fingerprint density at radius 2 is 1.95 bits per heavy atom. The lowest BCUT2D eigenvalue weighted by molar-refractivity contribution is 0.120. The largest absolute Gasteiger partial charge is 0.490 e. The minimum Gasteiger partial charge on any atom is -0.490 e. The lowest BCUT2D eigenvalue weighted by Gasteiger charge is -2.18. The Morgan fingerprint density at radius 1 is 1.25 bits per heavy atom. The molecule has 1 fully saturated rings. The van der Waals surface area contributed by atoms with Gasteiger partial charge < -0.3 is 14.2 Å². The summed E-state index contributed by atoms with van der Waals surface area (Å²) in [5.41, 5.74) is 1.07. The highest BCUT2D eigenvalue weighted by atomic mass is 35.5. The van der Waals surface area contributed by atoms with Crippen molar-refractivity contribution in [1.82, 2.24) is 0 Å². The summed E-state index contributed by atoms with van der Waals surface area (Å²) in [4.78, 5) is 0. The Kier molecular flexibility index (Phi) is 5.55. The molecule has 3 atom stereocenters. The molecule has 0 spiro atoms. The number of benzene rings is 1. The van der Waals surface area contributed by atoms with Gasteiger partial charge in [-0.15, -0.1) is 11.6 Å². The third-order valence-corrected chi connectivity index (χ3v) is 4.14. The minimum absolute atomic E-state index is 0.0465. The van der Waals surface area contributed by atoms with E-state index in [-0.39, 0.29) is 5.38 Å². The van der Waals surface area contributed by atoms with Crippen molar-refractivity contribution >= 4 is 11.6 Å². The monoisotopic (exact) mass is 298 g/mol. The van der Waals surface area contributed by atoms with Gasteiger partial charge in [-0.05, 0) is 44.9 Å². The zero-order valence-corrected chi connectivity index (χ0v) is 13.2. The predicted octanol–water partition coefficient (Wildman–Crippen LogP) is 4.19. The van der Waals surface area contributed by atoms with Crippen LogP contribution in [0.15, 0.2) is 18.2 Å². The summed E-state index contributed by atoms with van der Waals surface area (Å²) < 4.78 is 16.8. The van der Waals surface area contributed by atoms with E-state index < -0.39 is 0 Å². The number of halogens is 1. The van der Waals surface area contributed by atoms with Gasteiger partial charge in [0.05, 0.1) is 31.3 Å². The SMILES string of the molecule is CCOc1ccc(C(Cl)C2COC(C)C2)cc1OCC. The average Bonchev–Trinajstić information content (AvgIpc) is 2.87. The van der Waals surface area contributed by atoms with Crippen molar-refractivity contribution in [2.75, 3.05) is 19.8 Å². The molecule has 0 aromatic heterocycles. The van der Waals surface area contributed by atoms with Crippen LogP contribution in [0.2, 0.25) is 0 Å². The standard InChI is InChI=1S/C16H23ClO3/c1-4-18-14-7-6-12(9-15(14)19-5-2)16(17)13-8-11(3)20-10-13/h6-7,9,11,13,16H,4-5,8,10H2,1-3H3. The van der Waals surface area contributed by atoms with Gasteiger partial charge in [-0.25, -0.2) is 0 Å². The molecule has 1 saturated heterocycles. The van der Waals surface area contributed by atoms with E-state index in [1.165, 1.54) is 0 Å². The minimum atomic E-state index is -0.0465. The molecule has 0 N–H and O–H groups in total. The van der Waals surface area contributed by atoms with E-state index in [1.807, 2.05) is 32.0 Å². The first-order valence-electron chi connectivity index (χ1n) is 7.30. The second kappa shape index (κ2) is 7.19. The maximum atomic E-state index is 6.60. The quantitative estimate of drug-likeness (QED) is 0.737. The summed E-state index contributed by atoms with van der Waals surface area (Å²) in [6, 6.07) is 5.96. The zero-order chi connectivity index (χ0) is 14.5. The van der Waals surface area contributed by atoms with Gasteiger partial charge in [-0.3, -0.25) is 0 Å². The van der Waals surface area contributed by atoms with Gasteiger partial charge in [-0.2, -0.15) is 0 Å². The molecule has 2 rings (SSSR count). The number of hydrogen-bond donors (Lipinski definition) is 0. The molecule has 0 radical (unpaired) electrons. The number of alkyl halides is 1. The van der Waals surface area contributed by atoms with Crippen molar-refractivity contribution in [2.45, 2.75) is 38.7 Å². The van der Waals surface area contributed by atoms with E-state index in [4.69, 9.17) is 25.8 Å². The van der Waals surface area contributed by atoms with Gasteiger partial charge in [0.2, 0.25) is 0 Å². The van der Waals surface area contributed by atoms with Gasteiger partial charge in [0.25, 0.3) is 0 Å². The molecule has 0 bridgehead atoms. The van der Waals surface area contributed by atoms with Crippen LogP contribution in [-0.2, 0) is 4.74 Å². The summed E-state index contributed by atoms with van der Waals surface area (Å²) in [5, 5.41) is -0.0465. The van der Waals surface area contributed by atoms with Crippen LogP contribution in [0.1, 0.15) is 38.1 Å². The van der Waals surface area contributed by atoms with Gasteiger partial charge in [0.1, 0.15) is 0 Å². The molecule has 0 aliphatic carbocycles. The summed E-state index contributed by atoms with van der Waals surface area (Å²) in [7, 11) is 0. The molecular weight excluding hydrogens is 276 g/mol. The third kappa shape index (κ3) is 3.58. The number of hydrogen-bond acceptors (Lipinski definition) is 3. The predicted molar refractivity (Wildman–Crippen MR) is 80.9 cm³/mol. The van der Waals surface area contributed by atoms with E-state index in [0.29, 0.717) is 25.2 Å². The summed E-state index contributed by atoms with van der Waals surface area (Å²) in [5.74, 6) is 1.90. The maximum absolute atomic E-state index is 6.60. The van der Waals surface area contributed by atoms with Crippen LogP contribution in [-0.4, -0.2) is 25.9 Å². The van der Waals surface area contributed by atoms with Crippen LogP contribution in [0.4, 0.5) is 0 Å². The van der Waals surface area contributed by atoms with Crippen LogP contribution in [0.25, 0.3) is 0 Å². The highest BCUT2D eigenvalue weighted by Gasteiger charge is 2.29. The van der Waals surface area contributed by atoms with E-state index in [1.54, 1.807) is 0 Å². The van der Waals surface area contributed by atoms with E-state index in [0.717, 1.165) is 30.1 Å². The third-order valence-electron chi connectivity index (χ3n) is 3.53. The van der Waals surface area contributed by atoms with Gasteiger partial charge >= 0.3 is 0 Å². The molecule has 0 amide bonds. The molecule has 1 aromatic carbocycles. The number of rotatable bonds is 6. The highest BCUT2D eigenvalue weighted by molar-refractivity contribution is 6.21.